The van der Waals surface area contributed by atoms with Crippen LogP contribution in [0.4, 0.5) is 0 Å². The number of pyridine rings is 1. The van der Waals surface area contributed by atoms with Gasteiger partial charge in [-0.1, -0.05) is 6.07 Å². The highest BCUT2D eigenvalue weighted by molar-refractivity contribution is 5.69. The molecule has 0 spiro atoms. The van der Waals surface area contributed by atoms with Crippen molar-refractivity contribution < 1.29 is 14.6 Å². The van der Waals surface area contributed by atoms with Crippen molar-refractivity contribution >= 4 is 5.97 Å². The van der Waals surface area contributed by atoms with Crippen LogP contribution in [-0.2, 0) is 11.3 Å². The minimum absolute atomic E-state index is 0.0105. The number of carbonyl (C=O) groups is 1. The molecule has 0 saturated carbocycles. The Morgan fingerprint density at radius 3 is 2.76 bits per heavy atom. The molecule has 0 atom stereocenters. The van der Waals surface area contributed by atoms with E-state index in [2.05, 4.69) is 4.98 Å². The molecule has 0 saturated heterocycles. The predicted octanol–water partition coefficient (Wildman–Crippen LogP) is 1.39. The normalized spacial score (nSPS) is 10.9. The molecule has 5 nitrogen and oxygen atoms in total. The Balaban J connectivity index is 2.74. The summed E-state index contributed by atoms with van der Waals surface area (Å²) in [7, 11) is 1.56. The molecule has 0 amide bonds. The number of rotatable bonds is 6. The molecule has 0 aromatic carbocycles. The number of aromatic nitrogens is 1. The van der Waals surface area contributed by atoms with Gasteiger partial charge in [0.25, 0.3) is 0 Å². The molecule has 1 N–H and O–H groups in total. The maximum Gasteiger partial charge on any atom is 0.317 e. The number of hydrogen-bond acceptors (Lipinski definition) is 4. The van der Waals surface area contributed by atoms with Gasteiger partial charge in [0, 0.05) is 18.7 Å². The van der Waals surface area contributed by atoms with Gasteiger partial charge in [-0.3, -0.25) is 9.69 Å². The third kappa shape index (κ3) is 4.40. The van der Waals surface area contributed by atoms with Gasteiger partial charge >= 0.3 is 5.97 Å². The molecule has 17 heavy (non-hydrogen) atoms. The first-order chi connectivity index (χ1) is 8.02. The zero-order valence-electron chi connectivity index (χ0n) is 10.4. The van der Waals surface area contributed by atoms with Gasteiger partial charge in [0.2, 0.25) is 5.88 Å². The van der Waals surface area contributed by atoms with E-state index in [-0.39, 0.29) is 12.6 Å². The van der Waals surface area contributed by atoms with Crippen LogP contribution in [0.1, 0.15) is 19.5 Å². The zero-order chi connectivity index (χ0) is 12.8. The second-order valence-electron chi connectivity index (χ2n) is 4.06. The molecular weight excluding hydrogens is 220 g/mol. The molecule has 0 aliphatic rings. The van der Waals surface area contributed by atoms with Crippen LogP contribution in [0.3, 0.4) is 0 Å². The maximum absolute atomic E-state index is 10.7. The lowest BCUT2D eigenvalue weighted by molar-refractivity contribution is -0.138. The van der Waals surface area contributed by atoms with E-state index in [0.717, 1.165) is 5.69 Å². The number of carboxylic acid groups (broad SMARTS) is 1. The SMILES string of the molecule is COc1cccc(CN(CC(=O)O)C(C)C)n1. The second-order valence-corrected chi connectivity index (χ2v) is 4.06. The molecule has 0 fully saturated rings. The van der Waals surface area contributed by atoms with Crippen LogP contribution in [0.5, 0.6) is 5.88 Å². The summed E-state index contributed by atoms with van der Waals surface area (Å²) in [6, 6.07) is 5.62. The Kier molecular flexibility index (Phi) is 4.90. The van der Waals surface area contributed by atoms with Crippen LogP contribution in [0.25, 0.3) is 0 Å². The number of hydrogen-bond donors (Lipinski definition) is 1. The molecule has 1 aromatic rings. The van der Waals surface area contributed by atoms with Gasteiger partial charge in [-0.15, -0.1) is 0 Å². The van der Waals surface area contributed by atoms with Crippen LogP contribution >= 0.6 is 0 Å². The highest BCUT2D eigenvalue weighted by Crippen LogP contribution is 2.10. The molecule has 94 valence electrons. The van der Waals surface area contributed by atoms with E-state index in [1.165, 1.54) is 0 Å². The average molecular weight is 238 g/mol. The minimum Gasteiger partial charge on any atom is -0.481 e. The average Bonchev–Trinajstić information content (AvgIpc) is 2.27. The summed E-state index contributed by atoms with van der Waals surface area (Å²) in [6.45, 7) is 4.43. The molecule has 0 radical (unpaired) electrons. The summed E-state index contributed by atoms with van der Waals surface area (Å²) in [5, 5.41) is 8.82. The van der Waals surface area contributed by atoms with Crippen LogP contribution in [0.15, 0.2) is 18.2 Å². The molecule has 1 rings (SSSR count). The van der Waals surface area contributed by atoms with E-state index in [4.69, 9.17) is 9.84 Å². The molecule has 1 aromatic heterocycles. The van der Waals surface area contributed by atoms with Gasteiger partial charge in [-0.25, -0.2) is 4.98 Å². The predicted molar refractivity (Wildman–Crippen MR) is 64.0 cm³/mol. The van der Waals surface area contributed by atoms with Crippen LogP contribution < -0.4 is 4.74 Å². The second kappa shape index (κ2) is 6.20. The largest absolute Gasteiger partial charge is 0.481 e. The summed E-state index contributed by atoms with van der Waals surface area (Å²) >= 11 is 0. The van der Waals surface area contributed by atoms with Crippen molar-refractivity contribution in [2.45, 2.75) is 26.4 Å². The number of methoxy groups -OCH3 is 1. The van der Waals surface area contributed by atoms with Crippen LogP contribution in [0, 0.1) is 0 Å². The van der Waals surface area contributed by atoms with E-state index in [9.17, 15) is 4.79 Å². The van der Waals surface area contributed by atoms with Gasteiger partial charge in [-0.2, -0.15) is 0 Å². The molecule has 1 heterocycles. The van der Waals surface area contributed by atoms with Crippen LogP contribution in [-0.4, -0.2) is 40.7 Å². The van der Waals surface area contributed by atoms with Gasteiger partial charge in [0.05, 0.1) is 19.3 Å². The number of aliphatic carboxylic acids is 1. The Morgan fingerprint density at radius 2 is 2.24 bits per heavy atom. The van der Waals surface area contributed by atoms with Gasteiger partial charge < -0.3 is 9.84 Å². The Bertz CT molecular complexity index is 380. The summed E-state index contributed by atoms with van der Waals surface area (Å²) < 4.78 is 5.03. The first kappa shape index (κ1) is 13.4. The Hall–Kier alpha value is -1.62. The molecule has 0 aliphatic heterocycles. The lowest BCUT2D eigenvalue weighted by Crippen LogP contribution is -2.35. The fourth-order valence-corrected chi connectivity index (χ4v) is 1.46. The number of nitrogens with zero attached hydrogens (tertiary/aromatic N) is 2. The van der Waals surface area contributed by atoms with Crippen molar-refractivity contribution in [2.75, 3.05) is 13.7 Å². The van der Waals surface area contributed by atoms with E-state index >= 15 is 0 Å². The molecule has 0 bridgehead atoms. The molecule has 0 aliphatic carbocycles. The number of ether oxygens (including phenoxy) is 1. The first-order valence-corrected chi connectivity index (χ1v) is 5.48. The third-order valence-electron chi connectivity index (χ3n) is 2.42. The topological polar surface area (TPSA) is 62.7 Å². The molecule has 5 heteroatoms. The van der Waals surface area contributed by atoms with Crippen molar-refractivity contribution in [1.29, 1.82) is 0 Å². The van der Waals surface area contributed by atoms with Crippen molar-refractivity contribution in [3.63, 3.8) is 0 Å². The highest BCUT2D eigenvalue weighted by atomic mass is 16.5. The lowest BCUT2D eigenvalue weighted by atomic mass is 10.2. The van der Waals surface area contributed by atoms with Gasteiger partial charge in [0.1, 0.15) is 0 Å². The quantitative estimate of drug-likeness (QED) is 0.811. The Morgan fingerprint density at radius 1 is 1.53 bits per heavy atom. The fraction of sp³-hybridized carbons (Fsp3) is 0.500. The summed E-state index contributed by atoms with van der Waals surface area (Å²) in [5.41, 5.74) is 0.805. The zero-order valence-corrected chi connectivity index (χ0v) is 10.4. The summed E-state index contributed by atoms with van der Waals surface area (Å²) in [6.07, 6.45) is 0. The van der Waals surface area contributed by atoms with E-state index < -0.39 is 5.97 Å². The minimum atomic E-state index is -0.832. The standard InChI is InChI=1S/C12H18N2O3/c1-9(2)14(8-12(15)16)7-10-5-4-6-11(13-10)17-3/h4-6,9H,7-8H2,1-3H3,(H,15,16). The van der Waals surface area contributed by atoms with Crippen LogP contribution in [0.2, 0.25) is 0 Å². The summed E-state index contributed by atoms with van der Waals surface area (Å²) in [4.78, 5) is 16.8. The van der Waals surface area contributed by atoms with Crippen molar-refractivity contribution in [1.82, 2.24) is 9.88 Å². The monoisotopic (exact) mass is 238 g/mol. The van der Waals surface area contributed by atoms with E-state index in [0.29, 0.717) is 12.4 Å². The first-order valence-electron chi connectivity index (χ1n) is 5.48. The summed E-state index contributed by atoms with van der Waals surface area (Å²) in [5.74, 6) is -0.289. The molecule has 0 unspecified atom stereocenters. The molecular formula is C12H18N2O3. The van der Waals surface area contributed by atoms with Gasteiger partial charge in [-0.05, 0) is 19.9 Å². The number of carboxylic acids is 1. The van der Waals surface area contributed by atoms with E-state index in [1.807, 2.05) is 30.9 Å². The van der Waals surface area contributed by atoms with Crippen molar-refractivity contribution in [3.8, 4) is 5.88 Å². The van der Waals surface area contributed by atoms with Crippen molar-refractivity contribution in [3.05, 3.63) is 23.9 Å². The van der Waals surface area contributed by atoms with E-state index in [1.54, 1.807) is 13.2 Å². The maximum atomic E-state index is 10.7. The third-order valence-corrected chi connectivity index (χ3v) is 2.42. The van der Waals surface area contributed by atoms with Crippen molar-refractivity contribution in [2.24, 2.45) is 0 Å². The smallest absolute Gasteiger partial charge is 0.317 e. The lowest BCUT2D eigenvalue weighted by Gasteiger charge is -2.24. The highest BCUT2D eigenvalue weighted by Gasteiger charge is 2.14. The Labute approximate surface area is 101 Å². The van der Waals surface area contributed by atoms with Gasteiger partial charge in [0.15, 0.2) is 0 Å². The fourth-order valence-electron chi connectivity index (χ4n) is 1.46.